The average Bonchev–Trinajstić information content (AvgIpc) is 3.11. The van der Waals surface area contributed by atoms with Gasteiger partial charge < -0.3 is 19.2 Å². The molecule has 0 bridgehead atoms. The normalized spacial score (nSPS) is 10.8. The van der Waals surface area contributed by atoms with E-state index in [1.807, 2.05) is 23.9 Å². The van der Waals surface area contributed by atoms with Gasteiger partial charge in [-0.2, -0.15) is 0 Å². The summed E-state index contributed by atoms with van der Waals surface area (Å²) in [6.45, 7) is 2.03. The maximum Gasteiger partial charge on any atom is 0.355 e. The second-order valence-corrected chi connectivity index (χ2v) is 6.02. The molecule has 2 aromatic heterocycles. The highest BCUT2D eigenvalue weighted by Crippen LogP contribution is 2.22. The smallest absolute Gasteiger partial charge is 0.355 e. The fourth-order valence-corrected chi connectivity index (χ4v) is 2.82. The van der Waals surface area contributed by atoms with Crippen molar-refractivity contribution in [2.24, 2.45) is 7.05 Å². The van der Waals surface area contributed by atoms with Crippen LogP contribution in [-0.4, -0.2) is 27.6 Å². The van der Waals surface area contributed by atoms with Crippen molar-refractivity contribution in [3.8, 4) is 0 Å². The Morgan fingerprint density at radius 3 is 2.56 bits per heavy atom. The molecule has 6 nitrogen and oxygen atoms in total. The second-order valence-electron chi connectivity index (χ2n) is 5.59. The number of hydrogen-bond acceptors (Lipinski definition) is 3. The van der Waals surface area contributed by atoms with Gasteiger partial charge in [-0.05, 0) is 43.3 Å². The summed E-state index contributed by atoms with van der Waals surface area (Å²) in [4.78, 5) is 24.6. The highest BCUT2D eigenvalue weighted by atomic mass is 35.5. The number of anilines is 1. The highest BCUT2D eigenvalue weighted by Gasteiger charge is 2.20. The summed E-state index contributed by atoms with van der Waals surface area (Å²) in [5.41, 5.74) is 2.66. The Labute approximate surface area is 149 Å². The van der Waals surface area contributed by atoms with Gasteiger partial charge in [-0.15, -0.1) is 0 Å². The number of nitrogens with one attached hydrogen (secondary N) is 1. The largest absolute Gasteiger partial charge is 0.461 e. The van der Waals surface area contributed by atoms with Gasteiger partial charge in [-0.1, -0.05) is 11.6 Å². The number of hydrogen-bond donors (Lipinski definition) is 1. The first-order valence-electron chi connectivity index (χ1n) is 7.86. The summed E-state index contributed by atoms with van der Waals surface area (Å²) in [6.07, 6.45) is 1.88. The molecule has 3 rings (SSSR count). The summed E-state index contributed by atoms with van der Waals surface area (Å²) >= 11 is 5.85. The minimum atomic E-state index is -0.446. The number of benzene rings is 1. The summed E-state index contributed by atoms with van der Waals surface area (Å²) in [6, 6.07) is 10.5. The van der Waals surface area contributed by atoms with Crippen LogP contribution in [0.1, 0.15) is 17.4 Å². The summed E-state index contributed by atoms with van der Waals surface area (Å²) < 4.78 is 8.66. The lowest BCUT2D eigenvalue weighted by Crippen LogP contribution is -2.22. The molecule has 1 aromatic carbocycles. The first-order chi connectivity index (χ1) is 12.0. The lowest BCUT2D eigenvalue weighted by Gasteiger charge is -2.10. The van der Waals surface area contributed by atoms with Crippen molar-refractivity contribution in [3.63, 3.8) is 0 Å². The standard InChI is InChI=1S/C18H18ClN3O3/c1-3-25-18(24)16-10-15-14(8-9-21(15)2)22(16)11-17(23)20-13-6-4-12(19)5-7-13/h4-10H,3,11H2,1-2H3,(H,20,23). The number of aromatic nitrogens is 2. The molecule has 25 heavy (non-hydrogen) atoms. The van der Waals surface area contributed by atoms with Gasteiger partial charge in [-0.25, -0.2) is 4.79 Å². The molecule has 130 valence electrons. The lowest BCUT2D eigenvalue weighted by molar-refractivity contribution is -0.116. The number of ether oxygens (including phenoxy) is 1. The maximum absolute atomic E-state index is 12.4. The quantitative estimate of drug-likeness (QED) is 0.709. The van der Waals surface area contributed by atoms with E-state index in [1.54, 1.807) is 41.8 Å². The maximum atomic E-state index is 12.4. The van der Waals surface area contributed by atoms with Crippen LogP contribution in [-0.2, 0) is 23.1 Å². The first-order valence-corrected chi connectivity index (χ1v) is 8.24. The molecule has 0 aliphatic heterocycles. The third-order valence-corrected chi connectivity index (χ3v) is 4.12. The van der Waals surface area contributed by atoms with Gasteiger partial charge in [0.05, 0.1) is 17.6 Å². The van der Waals surface area contributed by atoms with Crippen LogP contribution in [0.4, 0.5) is 5.69 Å². The molecule has 0 atom stereocenters. The van der Waals surface area contributed by atoms with Gasteiger partial charge >= 0.3 is 5.97 Å². The zero-order chi connectivity index (χ0) is 18.0. The molecule has 0 aliphatic carbocycles. The number of rotatable bonds is 5. The second kappa shape index (κ2) is 7.03. The Balaban J connectivity index is 1.88. The number of fused-ring (bicyclic) bond motifs is 1. The van der Waals surface area contributed by atoms with Crippen molar-refractivity contribution in [2.45, 2.75) is 13.5 Å². The molecule has 3 aromatic rings. The van der Waals surface area contributed by atoms with E-state index in [4.69, 9.17) is 16.3 Å². The zero-order valence-electron chi connectivity index (χ0n) is 14.0. The molecular formula is C18H18ClN3O3. The van der Waals surface area contributed by atoms with E-state index in [2.05, 4.69) is 5.32 Å². The highest BCUT2D eigenvalue weighted by molar-refractivity contribution is 6.30. The molecular weight excluding hydrogens is 342 g/mol. The molecule has 1 N–H and O–H groups in total. The number of nitrogens with zero attached hydrogens (tertiary/aromatic N) is 2. The third kappa shape index (κ3) is 3.53. The molecule has 0 saturated carbocycles. The van der Waals surface area contributed by atoms with Crippen molar-refractivity contribution in [1.82, 2.24) is 9.13 Å². The van der Waals surface area contributed by atoms with Crippen LogP contribution in [0.2, 0.25) is 5.02 Å². The van der Waals surface area contributed by atoms with Crippen LogP contribution in [0.3, 0.4) is 0 Å². The molecule has 0 unspecified atom stereocenters. The van der Waals surface area contributed by atoms with Crippen molar-refractivity contribution >= 4 is 40.2 Å². The van der Waals surface area contributed by atoms with Crippen LogP contribution in [0.5, 0.6) is 0 Å². The predicted molar refractivity (Wildman–Crippen MR) is 96.9 cm³/mol. The van der Waals surface area contributed by atoms with E-state index < -0.39 is 5.97 Å². The van der Waals surface area contributed by atoms with Gasteiger partial charge in [0, 0.05) is 24.0 Å². The van der Waals surface area contributed by atoms with Gasteiger partial charge in [-0.3, -0.25) is 4.79 Å². The Morgan fingerprint density at radius 1 is 1.16 bits per heavy atom. The van der Waals surface area contributed by atoms with Crippen LogP contribution in [0.15, 0.2) is 42.6 Å². The van der Waals surface area contributed by atoms with E-state index in [0.717, 1.165) is 11.0 Å². The fraction of sp³-hybridized carbons (Fsp3) is 0.222. The first kappa shape index (κ1) is 17.1. The van der Waals surface area contributed by atoms with E-state index in [1.165, 1.54) is 0 Å². The minimum Gasteiger partial charge on any atom is -0.461 e. The monoisotopic (exact) mass is 359 g/mol. The van der Waals surface area contributed by atoms with Crippen molar-refractivity contribution in [2.75, 3.05) is 11.9 Å². The van der Waals surface area contributed by atoms with Crippen LogP contribution < -0.4 is 5.32 Å². The Kier molecular flexibility index (Phi) is 4.81. The van der Waals surface area contributed by atoms with E-state index in [0.29, 0.717) is 16.4 Å². The number of esters is 1. The Morgan fingerprint density at radius 2 is 1.88 bits per heavy atom. The van der Waals surface area contributed by atoms with Crippen LogP contribution in [0.25, 0.3) is 11.0 Å². The van der Waals surface area contributed by atoms with E-state index in [9.17, 15) is 9.59 Å². The number of aryl methyl sites for hydroxylation is 1. The predicted octanol–water partition coefficient (Wildman–Crippen LogP) is 3.45. The van der Waals surface area contributed by atoms with Crippen LogP contribution in [0, 0.1) is 0 Å². The number of carbonyl (C=O) groups excluding carboxylic acids is 2. The minimum absolute atomic E-state index is 0.00425. The fourth-order valence-electron chi connectivity index (χ4n) is 2.69. The molecule has 0 fully saturated rings. The molecule has 0 radical (unpaired) electrons. The SMILES string of the molecule is CCOC(=O)c1cc2c(ccn2C)n1CC(=O)Nc1ccc(Cl)cc1. The Bertz CT molecular complexity index is 925. The Hall–Kier alpha value is -2.73. The summed E-state index contributed by atoms with van der Waals surface area (Å²) in [7, 11) is 1.88. The van der Waals surface area contributed by atoms with E-state index >= 15 is 0 Å². The molecule has 0 saturated heterocycles. The lowest BCUT2D eigenvalue weighted by atomic mass is 10.3. The number of halogens is 1. The van der Waals surface area contributed by atoms with Gasteiger partial charge in [0.1, 0.15) is 12.2 Å². The van der Waals surface area contributed by atoms with Gasteiger partial charge in [0.2, 0.25) is 5.91 Å². The molecule has 2 heterocycles. The molecule has 0 aliphatic rings. The number of amides is 1. The molecule has 0 spiro atoms. The zero-order valence-corrected chi connectivity index (χ0v) is 14.7. The van der Waals surface area contributed by atoms with Crippen molar-refractivity contribution < 1.29 is 14.3 Å². The average molecular weight is 360 g/mol. The molecule has 7 heteroatoms. The van der Waals surface area contributed by atoms with Gasteiger partial charge in [0.25, 0.3) is 0 Å². The van der Waals surface area contributed by atoms with Gasteiger partial charge in [0.15, 0.2) is 0 Å². The third-order valence-electron chi connectivity index (χ3n) is 3.87. The van der Waals surface area contributed by atoms with Crippen molar-refractivity contribution in [1.29, 1.82) is 0 Å². The topological polar surface area (TPSA) is 65.3 Å². The van der Waals surface area contributed by atoms with Crippen LogP contribution >= 0.6 is 11.6 Å². The molecule has 1 amide bonds. The number of carbonyl (C=O) groups is 2. The summed E-state index contributed by atoms with van der Waals surface area (Å²) in [5.74, 6) is -0.688. The van der Waals surface area contributed by atoms with E-state index in [-0.39, 0.29) is 19.1 Å². The summed E-state index contributed by atoms with van der Waals surface area (Å²) in [5, 5.41) is 3.40. The van der Waals surface area contributed by atoms with Crippen molar-refractivity contribution in [3.05, 3.63) is 53.3 Å².